The lowest BCUT2D eigenvalue weighted by atomic mass is 10.1. The lowest BCUT2D eigenvalue weighted by molar-refractivity contribution is -0.135. The van der Waals surface area contributed by atoms with Crippen molar-refractivity contribution in [1.29, 1.82) is 0 Å². The molecule has 2 heterocycles. The van der Waals surface area contributed by atoms with Gasteiger partial charge in [0, 0.05) is 32.5 Å². The zero-order valence-corrected chi connectivity index (χ0v) is 14.4. The van der Waals surface area contributed by atoms with Gasteiger partial charge in [-0.3, -0.25) is 14.4 Å². The van der Waals surface area contributed by atoms with Crippen molar-refractivity contribution in [2.24, 2.45) is 5.10 Å². The fourth-order valence-electron chi connectivity index (χ4n) is 3.09. The third-order valence-electron chi connectivity index (χ3n) is 4.49. The molecular weight excluding hydrogens is 336 g/mol. The number of aliphatic hydroxyl groups is 1. The molecule has 1 saturated heterocycles. The van der Waals surface area contributed by atoms with Gasteiger partial charge in [0.2, 0.25) is 11.8 Å². The number of aliphatic hydroxyl groups excluding tert-OH is 1. The summed E-state index contributed by atoms with van der Waals surface area (Å²) >= 11 is 0. The molecular formula is C18H22N4O4. The van der Waals surface area contributed by atoms with Gasteiger partial charge in [-0.15, -0.1) is 0 Å². The first-order valence-electron chi connectivity index (χ1n) is 8.67. The second kappa shape index (κ2) is 8.09. The van der Waals surface area contributed by atoms with Gasteiger partial charge in [-0.25, -0.2) is 5.43 Å². The van der Waals surface area contributed by atoms with E-state index < -0.39 is 12.0 Å². The molecule has 8 nitrogen and oxygen atoms in total. The number of amides is 3. The molecule has 8 heteroatoms. The van der Waals surface area contributed by atoms with Crippen LogP contribution >= 0.6 is 0 Å². The maximum atomic E-state index is 12.6. The average Bonchev–Trinajstić information content (AvgIpc) is 2.79. The van der Waals surface area contributed by atoms with Crippen molar-refractivity contribution in [1.82, 2.24) is 15.2 Å². The number of rotatable bonds is 4. The van der Waals surface area contributed by atoms with Crippen molar-refractivity contribution < 1.29 is 19.5 Å². The Hall–Kier alpha value is -2.74. The third kappa shape index (κ3) is 4.45. The molecule has 138 valence electrons. The highest BCUT2D eigenvalue weighted by Crippen LogP contribution is 2.11. The average molecular weight is 358 g/mol. The van der Waals surface area contributed by atoms with Gasteiger partial charge in [0.25, 0.3) is 5.91 Å². The fourth-order valence-corrected chi connectivity index (χ4v) is 3.09. The summed E-state index contributed by atoms with van der Waals surface area (Å²) in [6.45, 7) is 0.647. The van der Waals surface area contributed by atoms with Gasteiger partial charge in [0.1, 0.15) is 12.3 Å². The first kappa shape index (κ1) is 18.1. The number of carbonyl (C=O) groups excluding carboxylic acids is 3. The Balaban J connectivity index is 1.63. The van der Waals surface area contributed by atoms with E-state index in [4.69, 9.17) is 0 Å². The highest BCUT2D eigenvalue weighted by atomic mass is 16.3. The zero-order chi connectivity index (χ0) is 18.5. The molecule has 1 unspecified atom stereocenters. The number of nitrogens with zero attached hydrogens (tertiary/aromatic N) is 3. The van der Waals surface area contributed by atoms with E-state index in [-0.39, 0.29) is 50.0 Å². The lowest BCUT2D eigenvalue weighted by Crippen LogP contribution is -2.44. The topological polar surface area (TPSA) is 102 Å². The highest BCUT2D eigenvalue weighted by Gasteiger charge is 2.32. The molecule has 1 aromatic carbocycles. The SMILES string of the molecule is O=C1CCC(C(=O)N2CC(=O)N(CCc3ccccc3)CC(O)C2)=NN1. The molecule has 0 spiro atoms. The number of benzene rings is 1. The summed E-state index contributed by atoms with van der Waals surface area (Å²) in [5.74, 6) is -0.853. The minimum Gasteiger partial charge on any atom is -0.389 e. The van der Waals surface area contributed by atoms with Gasteiger partial charge < -0.3 is 14.9 Å². The summed E-state index contributed by atoms with van der Waals surface area (Å²) in [7, 11) is 0. The van der Waals surface area contributed by atoms with E-state index in [9.17, 15) is 19.5 Å². The predicted molar refractivity (Wildman–Crippen MR) is 94.1 cm³/mol. The summed E-state index contributed by atoms with van der Waals surface area (Å²) in [6, 6.07) is 9.80. The Labute approximate surface area is 151 Å². The van der Waals surface area contributed by atoms with Gasteiger partial charge in [0.15, 0.2) is 0 Å². The first-order chi connectivity index (χ1) is 12.5. The van der Waals surface area contributed by atoms with E-state index in [1.54, 1.807) is 4.90 Å². The van der Waals surface area contributed by atoms with Crippen molar-refractivity contribution in [3.63, 3.8) is 0 Å². The number of nitrogens with one attached hydrogen (secondary N) is 1. The van der Waals surface area contributed by atoms with E-state index in [0.29, 0.717) is 13.0 Å². The van der Waals surface area contributed by atoms with E-state index in [1.165, 1.54) is 4.90 Å². The predicted octanol–water partition coefficient (Wildman–Crippen LogP) is -0.473. The molecule has 1 aromatic rings. The molecule has 3 rings (SSSR count). The Kier molecular flexibility index (Phi) is 5.62. The second-order valence-electron chi connectivity index (χ2n) is 6.51. The molecule has 26 heavy (non-hydrogen) atoms. The minimum absolute atomic E-state index is 0.0688. The molecule has 2 aliphatic rings. The monoisotopic (exact) mass is 358 g/mol. The molecule has 1 fully saturated rings. The van der Waals surface area contributed by atoms with Gasteiger partial charge in [-0.1, -0.05) is 30.3 Å². The molecule has 1 atom stereocenters. The van der Waals surface area contributed by atoms with Crippen molar-refractivity contribution in [2.45, 2.75) is 25.4 Å². The van der Waals surface area contributed by atoms with E-state index in [1.807, 2.05) is 30.3 Å². The van der Waals surface area contributed by atoms with Gasteiger partial charge >= 0.3 is 0 Å². The summed E-state index contributed by atoms with van der Waals surface area (Å²) in [6.07, 6.45) is 0.299. The summed E-state index contributed by atoms with van der Waals surface area (Å²) < 4.78 is 0. The van der Waals surface area contributed by atoms with Crippen LogP contribution < -0.4 is 5.43 Å². The molecule has 2 N–H and O–H groups in total. The van der Waals surface area contributed by atoms with Crippen molar-refractivity contribution in [2.75, 3.05) is 26.2 Å². The number of carbonyl (C=O) groups is 3. The van der Waals surface area contributed by atoms with Crippen LogP contribution in [0.3, 0.4) is 0 Å². The molecule has 0 saturated carbocycles. The molecule has 0 radical (unpaired) electrons. The standard InChI is InChI=1S/C18H22N4O4/c23-14-10-21(9-8-13-4-2-1-3-5-13)17(25)12-22(11-14)18(26)15-6-7-16(24)20-19-15/h1-5,14,23H,6-12H2,(H,20,24). The van der Waals surface area contributed by atoms with Gasteiger partial charge in [-0.2, -0.15) is 5.10 Å². The molecule has 2 aliphatic heterocycles. The van der Waals surface area contributed by atoms with Crippen molar-refractivity contribution in [3.05, 3.63) is 35.9 Å². The van der Waals surface area contributed by atoms with Crippen molar-refractivity contribution >= 4 is 23.4 Å². The van der Waals surface area contributed by atoms with Crippen LogP contribution in [0.1, 0.15) is 18.4 Å². The van der Waals surface area contributed by atoms with Crippen LogP contribution in [0.4, 0.5) is 0 Å². The Morgan fingerprint density at radius 2 is 1.96 bits per heavy atom. The highest BCUT2D eigenvalue weighted by molar-refractivity contribution is 6.39. The summed E-state index contributed by atoms with van der Waals surface area (Å²) in [4.78, 5) is 39.2. The molecule has 0 aromatic heterocycles. The van der Waals surface area contributed by atoms with Crippen LogP contribution in [0, 0.1) is 0 Å². The second-order valence-corrected chi connectivity index (χ2v) is 6.51. The number of hydrazone groups is 1. The van der Waals surface area contributed by atoms with Crippen LogP contribution in [-0.4, -0.2) is 70.6 Å². The fraction of sp³-hybridized carbons (Fsp3) is 0.444. The number of hydrogen-bond acceptors (Lipinski definition) is 5. The Bertz CT molecular complexity index is 719. The summed E-state index contributed by atoms with van der Waals surface area (Å²) in [5, 5.41) is 14.0. The van der Waals surface area contributed by atoms with E-state index >= 15 is 0 Å². The minimum atomic E-state index is -0.819. The molecule has 0 bridgehead atoms. The van der Waals surface area contributed by atoms with Crippen LogP contribution in [-0.2, 0) is 20.8 Å². The van der Waals surface area contributed by atoms with Crippen molar-refractivity contribution in [3.8, 4) is 0 Å². The Morgan fingerprint density at radius 3 is 2.65 bits per heavy atom. The van der Waals surface area contributed by atoms with Crippen LogP contribution in [0.25, 0.3) is 0 Å². The van der Waals surface area contributed by atoms with Crippen LogP contribution in [0.5, 0.6) is 0 Å². The maximum absolute atomic E-state index is 12.6. The van der Waals surface area contributed by atoms with Crippen LogP contribution in [0.15, 0.2) is 35.4 Å². The first-order valence-corrected chi connectivity index (χ1v) is 8.67. The van der Waals surface area contributed by atoms with E-state index in [2.05, 4.69) is 10.5 Å². The summed E-state index contributed by atoms with van der Waals surface area (Å²) in [5.41, 5.74) is 3.60. The quantitative estimate of drug-likeness (QED) is 0.759. The Morgan fingerprint density at radius 1 is 1.19 bits per heavy atom. The largest absolute Gasteiger partial charge is 0.389 e. The third-order valence-corrected chi connectivity index (χ3v) is 4.49. The molecule has 0 aliphatic carbocycles. The lowest BCUT2D eigenvalue weighted by Gasteiger charge is -2.23. The van der Waals surface area contributed by atoms with Gasteiger partial charge in [-0.05, 0) is 12.0 Å². The van der Waals surface area contributed by atoms with Gasteiger partial charge in [0.05, 0.1) is 6.10 Å². The van der Waals surface area contributed by atoms with Crippen LogP contribution in [0.2, 0.25) is 0 Å². The smallest absolute Gasteiger partial charge is 0.270 e. The zero-order valence-electron chi connectivity index (χ0n) is 14.4. The van der Waals surface area contributed by atoms with E-state index in [0.717, 1.165) is 5.56 Å². The number of hydrogen-bond donors (Lipinski definition) is 2. The number of β-amino-alcohol motifs (C(OH)–C–C–N with tert-alkyl or cyclic N) is 1. The molecule has 3 amide bonds. The normalized spacial score (nSPS) is 21.1. The maximum Gasteiger partial charge on any atom is 0.270 e.